The molecular weight excluding hydrogens is 590 g/mol. The first kappa shape index (κ1) is 34.2. The van der Waals surface area contributed by atoms with E-state index in [9.17, 15) is 24.0 Å². The Balaban J connectivity index is 1.75. The van der Waals surface area contributed by atoms with Crippen LogP contribution >= 0.6 is 0 Å². The van der Waals surface area contributed by atoms with Crippen LogP contribution in [0.4, 0.5) is 16.4 Å². The van der Waals surface area contributed by atoms with Crippen molar-refractivity contribution in [2.24, 2.45) is 13.0 Å². The van der Waals surface area contributed by atoms with Crippen LogP contribution in [0.2, 0.25) is 0 Å². The maximum absolute atomic E-state index is 14.1. The van der Waals surface area contributed by atoms with Crippen LogP contribution in [0.15, 0.2) is 45.5 Å². The van der Waals surface area contributed by atoms with Gasteiger partial charge >= 0.3 is 11.8 Å². The van der Waals surface area contributed by atoms with Gasteiger partial charge in [0.25, 0.3) is 5.56 Å². The quantitative estimate of drug-likeness (QED) is 0.266. The highest BCUT2D eigenvalue weighted by molar-refractivity contribution is 6.05. The molecule has 1 aliphatic heterocycles. The van der Waals surface area contributed by atoms with Gasteiger partial charge in [0.2, 0.25) is 11.9 Å². The van der Waals surface area contributed by atoms with Crippen molar-refractivity contribution in [3.05, 3.63) is 62.3 Å². The Kier molecular flexibility index (Phi) is 10.2. The molecule has 3 heterocycles. The smallest absolute Gasteiger partial charge is 0.407 e. The van der Waals surface area contributed by atoms with Crippen molar-refractivity contribution in [1.29, 1.82) is 0 Å². The van der Waals surface area contributed by atoms with Crippen LogP contribution in [-0.4, -0.2) is 61.2 Å². The number of Topliss-reactive ketones (excluding diaryl/α,β-unsaturated/α-hetero) is 1. The van der Waals surface area contributed by atoms with Crippen LogP contribution in [0.5, 0.6) is 0 Å². The van der Waals surface area contributed by atoms with Crippen LogP contribution < -0.4 is 26.8 Å². The second-order valence-corrected chi connectivity index (χ2v) is 13.3. The van der Waals surface area contributed by atoms with Crippen molar-refractivity contribution in [3.8, 4) is 0 Å². The lowest BCUT2D eigenvalue weighted by molar-refractivity contribution is -0.118. The standard InChI is InChI=1S/C33H45N7O6/c1-20(2)15-17-39-26-27(36-30(39)38-16-11-12-22(18-38)34-31(44)46-33(5,6)7)37(8)32(45)40(29(26)43)19-25(41)23-13-9-10-14-24(23)35-28(42)21(3)4/h9-10,13-15,21-22H,11-12,16-19H2,1-8H3,(H,34,44)(H,35,42). The minimum Gasteiger partial charge on any atom is -0.444 e. The van der Waals surface area contributed by atoms with Crippen LogP contribution in [0, 0.1) is 5.92 Å². The summed E-state index contributed by atoms with van der Waals surface area (Å²) in [6.45, 7) is 13.6. The molecular formula is C33H45N7O6. The lowest BCUT2D eigenvalue weighted by Gasteiger charge is -2.34. The van der Waals surface area contributed by atoms with Gasteiger partial charge in [-0.25, -0.2) is 9.59 Å². The Morgan fingerprint density at radius 2 is 1.80 bits per heavy atom. The van der Waals surface area contributed by atoms with Gasteiger partial charge in [-0.3, -0.25) is 23.5 Å². The minimum atomic E-state index is -0.684. The first-order valence-electron chi connectivity index (χ1n) is 15.6. The fourth-order valence-corrected chi connectivity index (χ4v) is 5.28. The molecule has 0 bridgehead atoms. The van der Waals surface area contributed by atoms with Gasteiger partial charge in [-0.15, -0.1) is 0 Å². The lowest BCUT2D eigenvalue weighted by Crippen LogP contribution is -2.49. The largest absolute Gasteiger partial charge is 0.444 e. The van der Waals surface area contributed by atoms with Crippen LogP contribution in [0.25, 0.3) is 11.2 Å². The summed E-state index contributed by atoms with van der Waals surface area (Å²) in [5.41, 5.74) is -0.0428. The molecule has 2 aromatic heterocycles. The molecule has 0 spiro atoms. The summed E-state index contributed by atoms with van der Waals surface area (Å²) in [4.78, 5) is 72.8. The number of ether oxygens (including phenoxy) is 1. The summed E-state index contributed by atoms with van der Waals surface area (Å²) in [6, 6.07) is 6.31. The van der Waals surface area contributed by atoms with E-state index in [0.717, 1.165) is 23.0 Å². The van der Waals surface area contributed by atoms with E-state index >= 15 is 0 Å². The van der Waals surface area contributed by atoms with E-state index < -0.39 is 35.3 Å². The number of alkyl carbamates (subject to hydrolysis) is 1. The summed E-state index contributed by atoms with van der Waals surface area (Å²) in [5.74, 6) is -0.576. The topological polar surface area (TPSA) is 150 Å². The molecule has 13 heteroatoms. The zero-order valence-corrected chi connectivity index (χ0v) is 28.0. The molecule has 46 heavy (non-hydrogen) atoms. The van der Waals surface area contributed by atoms with Crippen LogP contribution in [0.3, 0.4) is 0 Å². The van der Waals surface area contributed by atoms with Gasteiger partial charge < -0.3 is 24.8 Å². The second kappa shape index (κ2) is 13.8. The summed E-state index contributed by atoms with van der Waals surface area (Å²) in [5, 5.41) is 5.70. The molecule has 1 aromatic carbocycles. The van der Waals surface area contributed by atoms with Crippen LogP contribution in [0.1, 0.15) is 71.7 Å². The number of nitrogens with one attached hydrogen (secondary N) is 2. The Bertz CT molecular complexity index is 1790. The third-order valence-corrected chi connectivity index (χ3v) is 7.63. The number of hydrogen-bond donors (Lipinski definition) is 2. The predicted molar refractivity (Wildman–Crippen MR) is 178 cm³/mol. The molecule has 248 valence electrons. The normalized spacial score (nSPS) is 15.2. The first-order valence-corrected chi connectivity index (χ1v) is 15.6. The number of hydrogen-bond acceptors (Lipinski definition) is 8. The number of piperidine rings is 1. The van der Waals surface area contributed by atoms with Gasteiger partial charge in [0.15, 0.2) is 16.9 Å². The van der Waals surface area contributed by atoms with Gasteiger partial charge in [0.05, 0.1) is 12.2 Å². The van der Waals surface area contributed by atoms with Crippen molar-refractivity contribution in [3.63, 3.8) is 0 Å². The Morgan fingerprint density at radius 1 is 1.11 bits per heavy atom. The molecule has 1 aliphatic rings. The van der Waals surface area contributed by atoms with E-state index in [4.69, 9.17) is 9.72 Å². The molecule has 2 amide bonds. The molecule has 1 atom stereocenters. The second-order valence-electron chi connectivity index (χ2n) is 13.3. The SMILES string of the molecule is CC(C)=CCn1c(N2CCCC(NC(=O)OC(C)(C)C)C2)nc2c1c(=O)n(CC(=O)c1ccccc1NC(=O)C(C)C)c(=O)n2C. The average molecular weight is 636 g/mol. The van der Waals surface area contributed by atoms with Gasteiger partial charge in [-0.1, -0.05) is 37.6 Å². The zero-order chi connectivity index (χ0) is 33.9. The molecule has 1 fully saturated rings. The van der Waals surface area contributed by atoms with E-state index in [1.165, 1.54) is 11.6 Å². The number of para-hydroxylation sites is 1. The molecule has 2 N–H and O–H groups in total. The van der Waals surface area contributed by atoms with E-state index in [1.807, 2.05) is 24.8 Å². The highest BCUT2D eigenvalue weighted by Gasteiger charge is 2.29. The minimum absolute atomic E-state index is 0.186. The third kappa shape index (κ3) is 7.75. The van der Waals surface area contributed by atoms with Crippen molar-refractivity contribution in [2.75, 3.05) is 23.3 Å². The van der Waals surface area contributed by atoms with Crippen molar-refractivity contribution < 1.29 is 19.1 Å². The first-order chi connectivity index (χ1) is 21.6. The average Bonchev–Trinajstić information content (AvgIpc) is 3.36. The third-order valence-electron chi connectivity index (χ3n) is 7.63. The number of amides is 2. The van der Waals surface area contributed by atoms with Gasteiger partial charge in [0, 0.05) is 44.2 Å². The van der Waals surface area contributed by atoms with Gasteiger partial charge in [0.1, 0.15) is 5.60 Å². The Labute approximate surface area is 268 Å². The van der Waals surface area contributed by atoms with Gasteiger partial charge in [-0.05, 0) is 59.6 Å². The van der Waals surface area contributed by atoms with E-state index in [-0.39, 0.29) is 34.6 Å². The molecule has 1 saturated heterocycles. The maximum Gasteiger partial charge on any atom is 0.407 e. The van der Waals surface area contributed by atoms with Crippen molar-refractivity contribution >= 4 is 40.6 Å². The number of carbonyl (C=O) groups is 3. The number of anilines is 2. The van der Waals surface area contributed by atoms with Crippen molar-refractivity contribution in [2.45, 2.75) is 86.0 Å². The summed E-state index contributed by atoms with van der Waals surface area (Å²) < 4.78 is 9.40. The Morgan fingerprint density at radius 3 is 2.46 bits per heavy atom. The number of aromatic nitrogens is 4. The number of nitrogens with zero attached hydrogens (tertiary/aromatic N) is 5. The zero-order valence-electron chi connectivity index (χ0n) is 28.0. The molecule has 13 nitrogen and oxygen atoms in total. The molecule has 4 rings (SSSR count). The summed E-state index contributed by atoms with van der Waals surface area (Å²) in [6.07, 6.45) is 2.96. The molecule has 0 aliphatic carbocycles. The number of fused-ring (bicyclic) bond motifs is 1. The number of benzene rings is 1. The number of aryl methyl sites for hydroxylation is 1. The summed E-state index contributed by atoms with van der Waals surface area (Å²) in [7, 11) is 1.52. The number of imidazole rings is 1. The highest BCUT2D eigenvalue weighted by Crippen LogP contribution is 2.24. The van der Waals surface area contributed by atoms with E-state index in [2.05, 4.69) is 10.6 Å². The molecule has 0 radical (unpaired) electrons. The fraction of sp³-hybridized carbons (Fsp3) is 0.515. The monoisotopic (exact) mass is 635 g/mol. The van der Waals surface area contributed by atoms with Crippen molar-refractivity contribution in [1.82, 2.24) is 24.0 Å². The number of allylic oxidation sites excluding steroid dienone is 2. The Hall–Kier alpha value is -4.68. The molecule has 3 aromatic rings. The van der Waals surface area contributed by atoms with Crippen LogP contribution in [-0.2, 0) is 29.7 Å². The lowest BCUT2D eigenvalue weighted by atomic mass is 10.1. The molecule has 1 unspecified atom stereocenters. The number of carbonyl (C=O) groups excluding carboxylic acids is 3. The summed E-state index contributed by atoms with van der Waals surface area (Å²) >= 11 is 0. The fourth-order valence-electron chi connectivity index (χ4n) is 5.28. The maximum atomic E-state index is 14.1. The molecule has 0 saturated carbocycles. The predicted octanol–water partition coefficient (Wildman–Crippen LogP) is 3.83. The van der Waals surface area contributed by atoms with E-state index in [1.54, 1.807) is 63.5 Å². The number of ketones is 1. The number of rotatable bonds is 9. The highest BCUT2D eigenvalue weighted by atomic mass is 16.6. The van der Waals surface area contributed by atoms with E-state index in [0.29, 0.717) is 31.3 Å². The van der Waals surface area contributed by atoms with Gasteiger partial charge in [-0.2, -0.15) is 4.98 Å².